The van der Waals surface area contributed by atoms with Gasteiger partial charge in [0.25, 0.3) is 15.7 Å². The topological polar surface area (TPSA) is 107 Å². The summed E-state index contributed by atoms with van der Waals surface area (Å²) in [4.78, 5) is 21.8. The van der Waals surface area contributed by atoms with Gasteiger partial charge in [0.15, 0.2) is 4.90 Å². The molecule has 0 amide bonds. The van der Waals surface area contributed by atoms with Gasteiger partial charge in [0, 0.05) is 6.07 Å². The quantitative estimate of drug-likeness (QED) is 0.434. The zero-order valence-electron chi connectivity index (χ0n) is 14.5. The van der Waals surface area contributed by atoms with Crippen molar-refractivity contribution in [3.05, 3.63) is 63.7 Å². The van der Waals surface area contributed by atoms with Crippen LogP contribution in [0.2, 0.25) is 0 Å². The summed E-state index contributed by atoms with van der Waals surface area (Å²) >= 11 is 0. The van der Waals surface area contributed by atoms with Gasteiger partial charge in [0.05, 0.1) is 17.7 Å². The normalized spacial score (nSPS) is 11.0. The number of aryl methyl sites for hydroxylation is 1. The third kappa shape index (κ3) is 3.67. The van der Waals surface area contributed by atoms with Crippen LogP contribution >= 0.6 is 0 Å². The molecule has 0 saturated heterocycles. The lowest BCUT2D eigenvalue weighted by molar-refractivity contribution is -0.387. The molecule has 0 aliphatic carbocycles. The predicted octanol–water partition coefficient (Wildman–Crippen LogP) is 2.58. The Morgan fingerprint density at radius 3 is 2.42 bits per heavy atom. The SMILES string of the molecule is COC(=O)CN(c1cccc(C)c1C)S(=O)(=O)c1ccccc1[N+](=O)[O-]. The maximum absolute atomic E-state index is 13.2. The first-order valence-electron chi connectivity index (χ1n) is 7.59. The third-order valence-corrected chi connectivity index (χ3v) is 5.78. The summed E-state index contributed by atoms with van der Waals surface area (Å²) in [5.74, 6) is -0.784. The molecule has 0 unspecified atom stereocenters. The maximum Gasteiger partial charge on any atom is 0.326 e. The van der Waals surface area contributed by atoms with Crippen molar-refractivity contribution in [2.45, 2.75) is 18.7 Å². The summed E-state index contributed by atoms with van der Waals surface area (Å²) in [6.45, 7) is 2.91. The third-order valence-electron chi connectivity index (χ3n) is 3.98. The molecule has 0 aromatic heterocycles. The number of carbonyl (C=O) groups excluding carboxylic acids is 1. The van der Waals surface area contributed by atoms with Crippen LogP contribution in [0.3, 0.4) is 0 Å². The Balaban J connectivity index is 2.71. The number of para-hydroxylation sites is 1. The van der Waals surface area contributed by atoms with E-state index in [1.54, 1.807) is 26.0 Å². The Morgan fingerprint density at radius 1 is 1.15 bits per heavy atom. The number of anilines is 1. The van der Waals surface area contributed by atoms with E-state index < -0.39 is 38.0 Å². The molecule has 0 saturated carbocycles. The second-order valence-corrected chi connectivity index (χ2v) is 7.36. The van der Waals surface area contributed by atoms with E-state index >= 15 is 0 Å². The Morgan fingerprint density at radius 2 is 1.81 bits per heavy atom. The van der Waals surface area contributed by atoms with Crippen LogP contribution in [0.4, 0.5) is 11.4 Å². The number of nitrogens with zero attached hydrogens (tertiary/aromatic N) is 2. The molecule has 26 heavy (non-hydrogen) atoms. The zero-order chi connectivity index (χ0) is 19.5. The number of nitro benzene ring substituents is 1. The van der Waals surface area contributed by atoms with E-state index in [-0.39, 0.29) is 5.69 Å². The molecule has 0 N–H and O–H groups in total. The van der Waals surface area contributed by atoms with Crippen LogP contribution in [0.1, 0.15) is 11.1 Å². The van der Waals surface area contributed by atoms with Gasteiger partial charge in [-0.2, -0.15) is 0 Å². The van der Waals surface area contributed by atoms with Gasteiger partial charge in [0.2, 0.25) is 0 Å². The lowest BCUT2D eigenvalue weighted by atomic mass is 10.1. The molecule has 0 bridgehead atoms. The highest BCUT2D eigenvalue weighted by Crippen LogP contribution is 2.32. The van der Waals surface area contributed by atoms with Crippen molar-refractivity contribution >= 4 is 27.4 Å². The molecule has 0 fully saturated rings. The monoisotopic (exact) mass is 378 g/mol. The van der Waals surface area contributed by atoms with E-state index in [0.717, 1.165) is 29.1 Å². The minimum atomic E-state index is -4.38. The smallest absolute Gasteiger partial charge is 0.326 e. The zero-order valence-corrected chi connectivity index (χ0v) is 15.3. The Hall–Kier alpha value is -2.94. The van der Waals surface area contributed by atoms with Crippen molar-refractivity contribution in [1.29, 1.82) is 0 Å². The molecule has 0 aliphatic rings. The van der Waals surface area contributed by atoms with Crippen LogP contribution in [0, 0.1) is 24.0 Å². The fourth-order valence-electron chi connectivity index (χ4n) is 2.43. The molecule has 8 nitrogen and oxygen atoms in total. The van der Waals surface area contributed by atoms with Crippen LogP contribution in [-0.2, 0) is 19.6 Å². The Kier molecular flexibility index (Phi) is 5.61. The second-order valence-electron chi connectivity index (χ2n) is 5.53. The van der Waals surface area contributed by atoms with E-state index in [2.05, 4.69) is 4.74 Å². The number of methoxy groups -OCH3 is 1. The van der Waals surface area contributed by atoms with E-state index in [9.17, 15) is 23.3 Å². The van der Waals surface area contributed by atoms with Crippen molar-refractivity contribution in [1.82, 2.24) is 0 Å². The van der Waals surface area contributed by atoms with Gasteiger partial charge in [-0.05, 0) is 37.1 Å². The minimum Gasteiger partial charge on any atom is -0.468 e. The summed E-state index contributed by atoms with van der Waals surface area (Å²) in [6.07, 6.45) is 0. The van der Waals surface area contributed by atoms with E-state index in [1.165, 1.54) is 18.2 Å². The fraction of sp³-hybridized carbons (Fsp3) is 0.235. The van der Waals surface area contributed by atoms with Crippen molar-refractivity contribution < 1.29 is 22.9 Å². The van der Waals surface area contributed by atoms with Crippen LogP contribution < -0.4 is 4.31 Å². The van der Waals surface area contributed by atoms with Crippen LogP contribution in [0.15, 0.2) is 47.4 Å². The number of benzene rings is 2. The summed E-state index contributed by atoms with van der Waals surface area (Å²) in [5, 5.41) is 11.3. The van der Waals surface area contributed by atoms with Crippen LogP contribution in [-0.4, -0.2) is 33.0 Å². The predicted molar refractivity (Wildman–Crippen MR) is 95.6 cm³/mol. The molecule has 0 spiro atoms. The number of nitro groups is 1. The summed E-state index contributed by atoms with van der Waals surface area (Å²) in [7, 11) is -3.24. The molecule has 2 aromatic carbocycles. The average Bonchev–Trinajstić information content (AvgIpc) is 2.62. The first-order valence-corrected chi connectivity index (χ1v) is 9.03. The number of hydrogen-bond acceptors (Lipinski definition) is 6. The van der Waals surface area contributed by atoms with Crippen LogP contribution in [0.5, 0.6) is 0 Å². The number of sulfonamides is 1. The summed E-state index contributed by atoms with van der Waals surface area (Å²) in [6, 6.07) is 10.00. The van der Waals surface area contributed by atoms with Gasteiger partial charge in [0.1, 0.15) is 6.54 Å². The number of carbonyl (C=O) groups is 1. The van der Waals surface area contributed by atoms with Gasteiger partial charge < -0.3 is 4.74 Å². The standard InChI is InChI=1S/C17H18N2O6S/c1-12-7-6-9-14(13(12)2)18(11-17(20)25-3)26(23,24)16-10-5-4-8-15(16)19(21)22/h4-10H,11H2,1-3H3. The lowest BCUT2D eigenvalue weighted by Gasteiger charge is -2.25. The van der Waals surface area contributed by atoms with Gasteiger partial charge in [-0.1, -0.05) is 24.3 Å². The highest BCUT2D eigenvalue weighted by molar-refractivity contribution is 7.93. The van der Waals surface area contributed by atoms with E-state index in [0.29, 0.717) is 5.56 Å². The van der Waals surface area contributed by atoms with Gasteiger partial charge in [-0.15, -0.1) is 0 Å². The minimum absolute atomic E-state index is 0.258. The van der Waals surface area contributed by atoms with Crippen molar-refractivity contribution in [3.8, 4) is 0 Å². The Bertz CT molecular complexity index is 955. The molecule has 138 valence electrons. The van der Waals surface area contributed by atoms with Gasteiger partial charge in [-0.3, -0.25) is 19.2 Å². The molecule has 0 radical (unpaired) electrons. The highest BCUT2D eigenvalue weighted by Gasteiger charge is 2.34. The molecular formula is C17H18N2O6S. The molecule has 9 heteroatoms. The molecule has 0 heterocycles. The molecule has 0 atom stereocenters. The highest BCUT2D eigenvalue weighted by atomic mass is 32.2. The largest absolute Gasteiger partial charge is 0.468 e. The molecular weight excluding hydrogens is 360 g/mol. The van der Waals surface area contributed by atoms with E-state index in [4.69, 9.17) is 0 Å². The summed E-state index contributed by atoms with van der Waals surface area (Å²) < 4.78 is 31.8. The van der Waals surface area contributed by atoms with Crippen LogP contribution in [0.25, 0.3) is 0 Å². The Labute approximate surface area is 151 Å². The maximum atomic E-state index is 13.2. The fourth-order valence-corrected chi connectivity index (χ4v) is 4.06. The number of rotatable bonds is 6. The molecule has 0 aliphatic heterocycles. The number of hydrogen-bond donors (Lipinski definition) is 0. The van der Waals surface area contributed by atoms with Gasteiger partial charge >= 0.3 is 5.97 Å². The second kappa shape index (κ2) is 7.52. The van der Waals surface area contributed by atoms with E-state index in [1.807, 2.05) is 0 Å². The first-order chi connectivity index (χ1) is 12.2. The van der Waals surface area contributed by atoms with Crippen molar-refractivity contribution in [3.63, 3.8) is 0 Å². The molecule has 2 aromatic rings. The number of esters is 1. The summed E-state index contributed by atoms with van der Waals surface area (Å²) in [5.41, 5.74) is 1.15. The first kappa shape index (κ1) is 19.4. The molecule has 2 rings (SSSR count). The average molecular weight is 378 g/mol. The number of ether oxygens (including phenoxy) is 1. The van der Waals surface area contributed by atoms with Crippen molar-refractivity contribution in [2.24, 2.45) is 0 Å². The lowest BCUT2D eigenvalue weighted by Crippen LogP contribution is -2.37. The van der Waals surface area contributed by atoms with Crippen molar-refractivity contribution in [2.75, 3.05) is 18.0 Å². The van der Waals surface area contributed by atoms with Gasteiger partial charge in [-0.25, -0.2) is 8.42 Å².